The quantitative estimate of drug-likeness (QED) is 0.138. The minimum absolute atomic E-state index is 0.196. The number of fused-ring (bicyclic) bond motifs is 1. The van der Waals surface area contributed by atoms with Gasteiger partial charge in [-0.25, -0.2) is 0 Å². The second kappa shape index (κ2) is 15.9. The maximum Gasteiger partial charge on any atom is 0.150 e. The van der Waals surface area contributed by atoms with Crippen LogP contribution in [0.3, 0.4) is 0 Å². The number of phenols is 2. The lowest BCUT2D eigenvalue weighted by Crippen LogP contribution is -2.16. The average molecular weight is 552 g/mol. The highest BCUT2D eigenvalue weighted by Gasteiger charge is 2.29. The molecular weight excluding hydrogens is 506 g/mol. The van der Waals surface area contributed by atoms with Crippen LogP contribution in [0.15, 0.2) is 66.7 Å². The van der Waals surface area contributed by atoms with Crippen LogP contribution >= 0.6 is 0 Å². The van der Waals surface area contributed by atoms with E-state index in [9.17, 15) is 10.2 Å². The first kappa shape index (κ1) is 30.3. The van der Waals surface area contributed by atoms with E-state index in [1.165, 1.54) is 64.2 Å². The Hall–Kier alpha value is -3.68. The lowest BCUT2D eigenvalue weighted by Gasteiger charge is -2.31. The summed E-state index contributed by atoms with van der Waals surface area (Å²) in [4.78, 5) is 0. The normalized spacial score (nSPS) is 14.2. The fraction of sp³-hybridized carbons (Fsp3) is 0.405. The van der Waals surface area contributed by atoms with Crippen LogP contribution in [-0.2, 0) is 0 Å². The minimum Gasteiger partial charge on any atom is -0.508 e. The summed E-state index contributed by atoms with van der Waals surface area (Å²) >= 11 is 0. The third-order valence-electron chi connectivity index (χ3n) is 7.80. The Labute approximate surface area is 246 Å². The zero-order chi connectivity index (χ0) is 28.9. The van der Waals surface area contributed by atoms with Gasteiger partial charge in [0.2, 0.25) is 0 Å². The van der Waals surface area contributed by atoms with Crippen LogP contribution in [0.5, 0.6) is 17.2 Å². The monoisotopic (exact) mass is 551 g/mol. The third-order valence-corrected chi connectivity index (χ3v) is 7.80. The summed E-state index contributed by atoms with van der Waals surface area (Å²) in [5.74, 6) is 7.65. The van der Waals surface area contributed by atoms with Crippen LogP contribution in [0.2, 0.25) is 0 Å². The van der Waals surface area contributed by atoms with Gasteiger partial charge in [-0.05, 0) is 79.1 Å². The van der Waals surface area contributed by atoms with Crippen molar-refractivity contribution >= 4 is 11.1 Å². The zero-order valence-corrected chi connectivity index (χ0v) is 24.7. The van der Waals surface area contributed by atoms with Gasteiger partial charge >= 0.3 is 0 Å². The van der Waals surface area contributed by atoms with E-state index >= 15 is 0 Å². The SMILES string of the molecule is CCCCCCCCCCCCNCC#Cc1ccc(C2Oc3ccc(O)cc3C(C)=C2c2cccc(O)c2)cc1. The molecule has 3 N–H and O–H groups in total. The van der Waals surface area contributed by atoms with Gasteiger partial charge in [0.25, 0.3) is 0 Å². The van der Waals surface area contributed by atoms with E-state index in [0.717, 1.165) is 45.7 Å². The first-order valence-corrected chi connectivity index (χ1v) is 15.4. The Morgan fingerprint density at radius 2 is 1.46 bits per heavy atom. The van der Waals surface area contributed by atoms with E-state index < -0.39 is 0 Å². The van der Waals surface area contributed by atoms with E-state index in [-0.39, 0.29) is 17.6 Å². The molecule has 41 heavy (non-hydrogen) atoms. The number of ether oxygens (including phenoxy) is 1. The Balaban J connectivity index is 1.30. The van der Waals surface area contributed by atoms with Crippen molar-refractivity contribution in [1.29, 1.82) is 0 Å². The zero-order valence-electron chi connectivity index (χ0n) is 24.7. The van der Waals surface area contributed by atoms with Crippen molar-refractivity contribution in [3.63, 3.8) is 0 Å². The molecule has 0 fully saturated rings. The number of unbranched alkanes of at least 4 members (excludes halogenated alkanes) is 9. The molecule has 4 nitrogen and oxygen atoms in total. The van der Waals surface area contributed by atoms with E-state index in [2.05, 4.69) is 36.2 Å². The summed E-state index contributed by atoms with van der Waals surface area (Å²) in [6.45, 7) is 6.02. The van der Waals surface area contributed by atoms with Crippen molar-refractivity contribution in [3.05, 3.63) is 89.0 Å². The van der Waals surface area contributed by atoms with Crippen molar-refractivity contribution in [2.45, 2.75) is 84.2 Å². The van der Waals surface area contributed by atoms with E-state index in [4.69, 9.17) is 4.74 Å². The molecule has 0 bridgehead atoms. The molecule has 0 aromatic heterocycles. The highest BCUT2D eigenvalue weighted by Crippen LogP contribution is 2.47. The van der Waals surface area contributed by atoms with Crippen molar-refractivity contribution in [3.8, 4) is 29.1 Å². The van der Waals surface area contributed by atoms with Crippen molar-refractivity contribution < 1.29 is 14.9 Å². The number of benzene rings is 3. The molecule has 1 unspecified atom stereocenters. The van der Waals surface area contributed by atoms with Crippen molar-refractivity contribution in [2.24, 2.45) is 0 Å². The van der Waals surface area contributed by atoms with Crippen molar-refractivity contribution in [1.82, 2.24) is 5.32 Å². The second-order valence-electron chi connectivity index (χ2n) is 11.0. The van der Waals surface area contributed by atoms with Crippen LogP contribution in [0.4, 0.5) is 0 Å². The third kappa shape index (κ3) is 8.90. The number of aromatic hydroxyl groups is 2. The van der Waals surface area contributed by atoms with Gasteiger partial charge < -0.3 is 20.3 Å². The average Bonchev–Trinajstić information content (AvgIpc) is 2.98. The first-order chi connectivity index (χ1) is 20.1. The molecule has 3 aromatic rings. The second-order valence-corrected chi connectivity index (χ2v) is 11.0. The number of hydrogen-bond donors (Lipinski definition) is 3. The molecule has 4 rings (SSSR count). The molecule has 0 spiro atoms. The largest absolute Gasteiger partial charge is 0.508 e. The molecule has 1 heterocycles. The topological polar surface area (TPSA) is 61.7 Å². The molecule has 0 aliphatic carbocycles. The van der Waals surface area contributed by atoms with Crippen LogP contribution in [-0.4, -0.2) is 23.3 Å². The van der Waals surface area contributed by atoms with E-state index in [0.29, 0.717) is 6.54 Å². The van der Waals surface area contributed by atoms with Gasteiger partial charge in [0.05, 0.1) is 6.54 Å². The van der Waals surface area contributed by atoms with Gasteiger partial charge in [0, 0.05) is 16.7 Å². The summed E-state index contributed by atoms with van der Waals surface area (Å²) in [5.41, 5.74) is 5.69. The molecule has 0 amide bonds. The minimum atomic E-state index is -0.349. The summed E-state index contributed by atoms with van der Waals surface area (Å²) in [5, 5.41) is 23.7. The molecular formula is C37H45NO3. The van der Waals surface area contributed by atoms with Gasteiger partial charge in [-0.3, -0.25) is 0 Å². The van der Waals surface area contributed by atoms with E-state index in [1.807, 2.05) is 37.3 Å². The van der Waals surface area contributed by atoms with Gasteiger partial charge in [0.1, 0.15) is 23.4 Å². The molecule has 0 radical (unpaired) electrons. The summed E-state index contributed by atoms with van der Waals surface area (Å²) in [6, 6.07) is 20.6. The van der Waals surface area contributed by atoms with Gasteiger partial charge in [0.15, 0.2) is 0 Å². The van der Waals surface area contributed by atoms with E-state index in [1.54, 1.807) is 24.3 Å². The predicted octanol–water partition coefficient (Wildman–Crippen LogP) is 9.02. The smallest absolute Gasteiger partial charge is 0.150 e. The van der Waals surface area contributed by atoms with Crippen LogP contribution in [0.25, 0.3) is 11.1 Å². The Kier molecular flexibility index (Phi) is 11.8. The highest BCUT2D eigenvalue weighted by molar-refractivity contribution is 5.95. The van der Waals surface area contributed by atoms with Gasteiger partial charge in [-0.2, -0.15) is 0 Å². The fourth-order valence-corrected chi connectivity index (χ4v) is 5.49. The molecule has 0 saturated carbocycles. The Bertz CT molecular complexity index is 1350. The first-order valence-electron chi connectivity index (χ1n) is 15.4. The Morgan fingerprint density at radius 3 is 2.17 bits per heavy atom. The van der Waals surface area contributed by atoms with Crippen molar-refractivity contribution in [2.75, 3.05) is 13.1 Å². The fourth-order valence-electron chi connectivity index (χ4n) is 5.49. The number of rotatable bonds is 14. The highest BCUT2D eigenvalue weighted by atomic mass is 16.5. The predicted molar refractivity (Wildman–Crippen MR) is 170 cm³/mol. The maximum absolute atomic E-state index is 10.2. The molecule has 1 aliphatic heterocycles. The van der Waals surface area contributed by atoms with Crippen LogP contribution in [0.1, 0.15) is 106 Å². The van der Waals surface area contributed by atoms with Gasteiger partial charge in [-0.15, -0.1) is 0 Å². The summed E-state index contributed by atoms with van der Waals surface area (Å²) in [7, 11) is 0. The van der Waals surface area contributed by atoms with Crippen LogP contribution in [0, 0.1) is 11.8 Å². The Morgan fingerprint density at radius 1 is 0.780 bits per heavy atom. The number of allylic oxidation sites excluding steroid dienone is 1. The molecule has 1 atom stereocenters. The van der Waals surface area contributed by atoms with Crippen LogP contribution < -0.4 is 10.1 Å². The maximum atomic E-state index is 10.2. The molecule has 0 saturated heterocycles. The van der Waals surface area contributed by atoms with Gasteiger partial charge in [-0.1, -0.05) is 101 Å². The number of nitrogens with one attached hydrogen (secondary N) is 1. The summed E-state index contributed by atoms with van der Waals surface area (Å²) < 4.78 is 6.48. The summed E-state index contributed by atoms with van der Waals surface area (Å²) in [6.07, 6.45) is 13.2. The molecule has 1 aliphatic rings. The number of phenolic OH excluding ortho intramolecular Hbond substituents is 2. The number of hydrogen-bond acceptors (Lipinski definition) is 4. The molecule has 3 aromatic carbocycles. The molecule has 216 valence electrons. The molecule has 4 heteroatoms. The lowest BCUT2D eigenvalue weighted by molar-refractivity contribution is 0.259. The standard InChI is InChI=1S/C37H45NO3/c1-3-4-5-6-7-8-9-10-11-12-24-38-25-14-15-29-18-20-30(21-19-29)37-36(31-16-13-17-32(39)26-31)28(2)34-27-33(40)22-23-35(34)41-37/h13,16-23,26-27,37-40H,3-12,24-25H2,1-2H3. The lowest BCUT2D eigenvalue weighted by atomic mass is 9.86.